The first-order valence-electron chi connectivity index (χ1n) is 11.9. The van der Waals surface area contributed by atoms with Crippen LogP contribution in [0.3, 0.4) is 0 Å². The van der Waals surface area contributed by atoms with Crippen LogP contribution in [0.15, 0.2) is 59.5 Å². The lowest BCUT2D eigenvalue weighted by Crippen LogP contribution is -2.59. The third-order valence-electron chi connectivity index (χ3n) is 7.14. The van der Waals surface area contributed by atoms with Crippen LogP contribution in [0, 0.1) is 0 Å². The minimum atomic E-state index is -4.48. The van der Waals surface area contributed by atoms with Crippen LogP contribution in [0.2, 0.25) is 0 Å². The van der Waals surface area contributed by atoms with Crippen LogP contribution in [0.1, 0.15) is 25.8 Å². The fourth-order valence-corrected chi connectivity index (χ4v) is 7.50. The third kappa shape index (κ3) is 4.05. The molecule has 3 saturated heterocycles. The number of carbonyl (C=O) groups is 2. The molecule has 198 valence electrons. The molecule has 3 fully saturated rings. The van der Waals surface area contributed by atoms with Gasteiger partial charge in [0.05, 0.1) is 31.6 Å². The van der Waals surface area contributed by atoms with E-state index in [2.05, 4.69) is 0 Å². The molecule has 3 aliphatic rings. The molecule has 0 spiro atoms. The van der Waals surface area contributed by atoms with E-state index in [0.717, 1.165) is 4.90 Å². The molecule has 37 heavy (non-hydrogen) atoms. The van der Waals surface area contributed by atoms with Crippen molar-refractivity contribution in [2.75, 3.05) is 13.7 Å². The van der Waals surface area contributed by atoms with Crippen molar-refractivity contribution in [3.63, 3.8) is 0 Å². The van der Waals surface area contributed by atoms with E-state index < -0.39 is 69.6 Å². The molecule has 5 atom stereocenters. The lowest BCUT2D eigenvalue weighted by atomic mass is 9.93. The van der Waals surface area contributed by atoms with E-state index in [1.54, 1.807) is 56.3 Å². The average Bonchev–Trinajstić information content (AvgIpc) is 3.47. The van der Waals surface area contributed by atoms with Crippen LogP contribution in [0.25, 0.3) is 0 Å². The second-order valence-electron chi connectivity index (χ2n) is 9.86. The maximum absolute atomic E-state index is 14.3. The first-order valence-corrected chi connectivity index (χ1v) is 13.4. The molecule has 0 saturated carbocycles. The van der Waals surface area contributed by atoms with Crippen molar-refractivity contribution in [3.05, 3.63) is 60.2 Å². The van der Waals surface area contributed by atoms with Gasteiger partial charge in [-0.2, -0.15) is 0 Å². The molecule has 3 aliphatic heterocycles. The van der Waals surface area contributed by atoms with Crippen LogP contribution in [-0.2, 0) is 40.2 Å². The number of sulfone groups is 1. The standard InChI is InChI=1S/C26H29NO9S/c1-25(2)35-21-19(15-28)34-23(22(21)36-25)26(37(31,32)18-7-5-4-6-8-18)13-20(29)27(24(26)30)14-16-9-11-17(33-3)12-10-16/h4-12,19,21-23,28H,13-15H2,1-3H3/t19-,21-,22-,23-,26?/m0/s1. The van der Waals surface area contributed by atoms with Crippen LogP contribution in [0.5, 0.6) is 5.75 Å². The normalized spacial score (nSPS) is 31.1. The molecular formula is C26H29NO9S. The van der Waals surface area contributed by atoms with E-state index in [0.29, 0.717) is 11.3 Å². The number of nitrogens with zero attached hydrogens (tertiary/aromatic N) is 1. The highest BCUT2D eigenvalue weighted by Crippen LogP contribution is 2.49. The highest BCUT2D eigenvalue weighted by Gasteiger charge is 2.72. The van der Waals surface area contributed by atoms with E-state index in [4.69, 9.17) is 18.9 Å². The Morgan fingerprint density at radius 2 is 1.68 bits per heavy atom. The Bertz CT molecular complexity index is 1300. The van der Waals surface area contributed by atoms with Gasteiger partial charge in [0.1, 0.15) is 30.2 Å². The van der Waals surface area contributed by atoms with Gasteiger partial charge in [0.25, 0.3) is 5.91 Å². The van der Waals surface area contributed by atoms with Gasteiger partial charge in [0.15, 0.2) is 20.4 Å². The summed E-state index contributed by atoms with van der Waals surface area (Å²) >= 11 is 0. The Morgan fingerprint density at radius 1 is 1.03 bits per heavy atom. The fourth-order valence-electron chi connectivity index (χ4n) is 5.41. The number of methoxy groups -OCH3 is 1. The maximum Gasteiger partial charge on any atom is 0.254 e. The Morgan fingerprint density at radius 3 is 2.30 bits per heavy atom. The summed E-state index contributed by atoms with van der Waals surface area (Å²) in [5.41, 5.74) is 0.621. The number of carbonyl (C=O) groups excluding carboxylic acids is 2. The number of likely N-dealkylation sites (tertiary alicyclic amines) is 1. The van der Waals surface area contributed by atoms with Crippen molar-refractivity contribution in [1.29, 1.82) is 0 Å². The Hall–Kier alpha value is -2.83. The summed E-state index contributed by atoms with van der Waals surface area (Å²) in [6.07, 6.45) is -4.76. The highest BCUT2D eigenvalue weighted by atomic mass is 32.2. The maximum atomic E-state index is 14.3. The van der Waals surface area contributed by atoms with Crippen LogP contribution in [0.4, 0.5) is 0 Å². The van der Waals surface area contributed by atoms with Gasteiger partial charge >= 0.3 is 0 Å². The second kappa shape index (κ2) is 9.17. The molecule has 0 radical (unpaired) electrons. The molecule has 1 N–H and O–H groups in total. The minimum Gasteiger partial charge on any atom is -0.497 e. The van der Waals surface area contributed by atoms with Gasteiger partial charge in [-0.3, -0.25) is 14.5 Å². The number of benzene rings is 2. The molecule has 3 heterocycles. The summed E-state index contributed by atoms with van der Waals surface area (Å²) in [5, 5.41) is 9.97. The zero-order chi connectivity index (χ0) is 26.6. The second-order valence-corrected chi connectivity index (χ2v) is 12.1. The Kier molecular flexibility index (Phi) is 6.40. The number of hydrogen-bond donors (Lipinski definition) is 1. The summed E-state index contributed by atoms with van der Waals surface area (Å²) < 4.78 is 49.4. The van der Waals surface area contributed by atoms with E-state index in [9.17, 15) is 23.1 Å². The average molecular weight is 532 g/mol. The highest BCUT2D eigenvalue weighted by molar-refractivity contribution is 7.93. The molecule has 0 bridgehead atoms. The van der Waals surface area contributed by atoms with E-state index in [1.807, 2.05) is 0 Å². The zero-order valence-electron chi connectivity index (χ0n) is 20.7. The summed E-state index contributed by atoms with van der Waals surface area (Å²) in [4.78, 5) is 28.4. The zero-order valence-corrected chi connectivity index (χ0v) is 21.5. The van der Waals surface area contributed by atoms with Crippen molar-refractivity contribution >= 4 is 21.7 Å². The largest absolute Gasteiger partial charge is 0.497 e. The quantitative estimate of drug-likeness (QED) is 0.528. The van der Waals surface area contributed by atoms with Gasteiger partial charge in [-0.15, -0.1) is 0 Å². The minimum absolute atomic E-state index is 0.117. The number of rotatable bonds is 7. The van der Waals surface area contributed by atoms with Crippen LogP contribution < -0.4 is 4.74 Å². The van der Waals surface area contributed by atoms with Crippen molar-refractivity contribution < 1.29 is 42.1 Å². The first kappa shape index (κ1) is 25.8. The van der Waals surface area contributed by atoms with E-state index >= 15 is 0 Å². The van der Waals surface area contributed by atoms with Crippen molar-refractivity contribution in [3.8, 4) is 5.75 Å². The fraction of sp³-hybridized carbons (Fsp3) is 0.462. The molecular weight excluding hydrogens is 502 g/mol. The molecule has 2 amide bonds. The molecule has 11 heteroatoms. The smallest absolute Gasteiger partial charge is 0.254 e. The number of imide groups is 1. The van der Waals surface area contributed by atoms with Crippen molar-refractivity contribution in [1.82, 2.24) is 4.90 Å². The lowest BCUT2D eigenvalue weighted by molar-refractivity contribution is -0.194. The van der Waals surface area contributed by atoms with Crippen LogP contribution >= 0.6 is 0 Å². The number of aliphatic hydroxyl groups excluding tert-OH is 1. The number of fused-ring (bicyclic) bond motifs is 1. The molecule has 2 aromatic carbocycles. The summed E-state index contributed by atoms with van der Waals surface area (Å²) in [5.74, 6) is -2.04. The number of ether oxygens (including phenoxy) is 4. The summed E-state index contributed by atoms with van der Waals surface area (Å²) in [6, 6.07) is 14.3. The van der Waals surface area contributed by atoms with Gasteiger partial charge in [-0.05, 0) is 43.7 Å². The van der Waals surface area contributed by atoms with E-state index in [1.165, 1.54) is 19.2 Å². The summed E-state index contributed by atoms with van der Waals surface area (Å²) in [7, 11) is -2.96. The van der Waals surface area contributed by atoms with Crippen molar-refractivity contribution in [2.45, 2.75) is 66.7 Å². The topological polar surface area (TPSA) is 129 Å². The molecule has 5 rings (SSSR count). The monoisotopic (exact) mass is 531 g/mol. The predicted molar refractivity (Wildman–Crippen MR) is 129 cm³/mol. The molecule has 0 aromatic heterocycles. The molecule has 1 unspecified atom stereocenters. The van der Waals surface area contributed by atoms with Gasteiger partial charge in [0, 0.05) is 0 Å². The Balaban J connectivity index is 1.61. The molecule has 2 aromatic rings. The molecule has 0 aliphatic carbocycles. The number of hydrogen-bond acceptors (Lipinski definition) is 9. The van der Waals surface area contributed by atoms with Crippen molar-refractivity contribution in [2.24, 2.45) is 0 Å². The van der Waals surface area contributed by atoms with Crippen LogP contribution in [-0.4, -0.2) is 78.9 Å². The van der Waals surface area contributed by atoms with Gasteiger partial charge in [-0.1, -0.05) is 30.3 Å². The van der Waals surface area contributed by atoms with E-state index in [-0.39, 0.29) is 11.4 Å². The summed E-state index contributed by atoms with van der Waals surface area (Å²) in [6.45, 7) is 2.72. The predicted octanol–water partition coefficient (Wildman–Crippen LogP) is 1.45. The number of amides is 2. The Labute approximate surface area is 215 Å². The van der Waals surface area contributed by atoms with Gasteiger partial charge in [-0.25, -0.2) is 8.42 Å². The third-order valence-corrected chi connectivity index (χ3v) is 9.55. The van der Waals surface area contributed by atoms with Gasteiger partial charge in [0.2, 0.25) is 5.91 Å². The van der Waals surface area contributed by atoms with Gasteiger partial charge < -0.3 is 24.1 Å². The first-order chi connectivity index (χ1) is 17.5. The SMILES string of the molecule is COc1ccc(CN2C(=O)CC([C@H]3O[C@@H](CO)[C@@H]4OC(C)(C)O[C@@H]43)(S(=O)(=O)c3ccccc3)C2=O)cc1. The molecule has 10 nitrogen and oxygen atoms in total. The lowest BCUT2D eigenvalue weighted by Gasteiger charge is -2.35. The number of aliphatic hydroxyl groups is 1.